The van der Waals surface area contributed by atoms with Crippen molar-refractivity contribution in [2.24, 2.45) is 0 Å². The molecule has 29 heavy (non-hydrogen) atoms. The number of carbonyl (C=O) groups excluding carboxylic acids is 1. The zero-order valence-corrected chi connectivity index (χ0v) is 17.7. The Morgan fingerprint density at radius 3 is 2.69 bits per heavy atom. The fraction of sp³-hybridized carbons (Fsp3) is 0.458. The lowest BCUT2D eigenvalue weighted by Gasteiger charge is -2.25. The Morgan fingerprint density at radius 1 is 1.14 bits per heavy atom. The molecule has 3 rings (SSSR count). The number of esters is 1. The van der Waals surface area contributed by atoms with Crippen LogP contribution in [0.3, 0.4) is 0 Å². The molecule has 2 aromatic carbocycles. The van der Waals surface area contributed by atoms with E-state index in [1.807, 2.05) is 6.07 Å². The SMILES string of the molecule is CCOC(=O)C(C)(C)Oc1ccc2c(c1)CCN2CCNCCc1ccccc1. The highest BCUT2D eigenvalue weighted by molar-refractivity contribution is 5.79. The number of ether oxygens (including phenoxy) is 2. The van der Waals surface area contributed by atoms with E-state index in [9.17, 15) is 4.79 Å². The van der Waals surface area contributed by atoms with Crippen molar-refractivity contribution in [1.82, 2.24) is 5.32 Å². The molecule has 0 atom stereocenters. The number of benzene rings is 2. The first-order valence-corrected chi connectivity index (χ1v) is 10.5. The molecule has 0 spiro atoms. The highest BCUT2D eigenvalue weighted by Crippen LogP contribution is 2.32. The van der Waals surface area contributed by atoms with E-state index in [0.29, 0.717) is 12.4 Å². The van der Waals surface area contributed by atoms with Crippen molar-refractivity contribution in [3.63, 3.8) is 0 Å². The fourth-order valence-electron chi connectivity index (χ4n) is 3.60. The van der Waals surface area contributed by atoms with Crippen LogP contribution in [0.1, 0.15) is 31.9 Å². The summed E-state index contributed by atoms with van der Waals surface area (Å²) in [7, 11) is 0. The summed E-state index contributed by atoms with van der Waals surface area (Å²) in [4.78, 5) is 14.5. The van der Waals surface area contributed by atoms with Crippen LogP contribution >= 0.6 is 0 Å². The second-order valence-electron chi connectivity index (χ2n) is 7.85. The summed E-state index contributed by atoms with van der Waals surface area (Å²) in [6.45, 7) is 9.58. The van der Waals surface area contributed by atoms with Crippen LogP contribution in [0, 0.1) is 0 Å². The molecule has 0 aromatic heterocycles. The van der Waals surface area contributed by atoms with Crippen LogP contribution < -0.4 is 15.0 Å². The normalized spacial score (nSPS) is 13.3. The Balaban J connectivity index is 1.48. The minimum Gasteiger partial charge on any atom is -0.476 e. The zero-order valence-electron chi connectivity index (χ0n) is 17.7. The van der Waals surface area contributed by atoms with Crippen LogP contribution in [-0.2, 0) is 22.4 Å². The van der Waals surface area contributed by atoms with Gasteiger partial charge in [-0.3, -0.25) is 0 Å². The molecule has 156 valence electrons. The number of fused-ring (bicyclic) bond motifs is 1. The van der Waals surface area contributed by atoms with Crippen molar-refractivity contribution >= 4 is 11.7 Å². The third kappa shape index (κ3) is 5.73. The molecule has 0 aliphatic carbocycles. The Morgan fingerprint density at radius 2 is 1.93 bits per heavy atom. The van der Waals surface area contributed by atoms with Gasteiger partial charge < -0.3 is 19.7 Å². The smallest absolute Gasteiger partial charge is 0.349 e. The third-order valence-corrected chi connectivity index (χ3v) is 5.17. The van der Waals surface area contributed by atoms with Gasteiger partial charge in [-0.2, -0.15) is 0 Å². The summed E-state index contributed by atoms with van der Waals surface area (Å²) in [5.41, 5.74) is 2.90. The summed E-state index contributed by atoms with van der Waals surface area (Å²) in [5, 5.41) is 3.54. The van der Waals surface area contributed by atoms with Gasteiger partial charge in [-0.05, 0) is 69.5 Å². The molecule has 5 nitrogen and oxygen atoms in total. The molecule has 0 unspecified atom stereocenters. The van der Waals surface area contributed by atoms with Crippen LogP contribution in [-0.4, -0.2) is 44.4 Å². The second kappa shape index (κ2) is 9.79. The lowest BCUT2D eigenvalue weighted by molar-refractivity contribution is -0.158. The van der Waals surface area contributed by atoms with Gasteiger partial charge in [0.25, 0.3) is 0 Å². The lowest BCUT2D eigenvalue weighted by atomic mass is 10.1. The minimum absolute atomic E-state index is 0.344. The van der Waals surface area contributed by atoms with E-state index >= 15 is 0 Å². The molecule has 0 bridgehead atoms. The van der Waals surface area contributed by atoms with Gasteiger partial charge in [-0.25, -0.2) is 4.79 Å². The molecular formula is C24H32N2O3. The van der Waals surface area contributed by atoms with Crippen molar-refractivity contribution < 1.29 is 14.3 Å². The van der Waals surface area contributed by atoms with Crippen molar-refractivity contribution in [3.8, 4) is 5.75 Å². The molecule has 0 saturated heterocycles. The van der Waals surface area contributed by atoms with E-state index in [2.05, 4.69) is 52.7 Å². The van der Waals surface area contributed by atoms with Gasteiger partial charge in [0.1, 0.15) is 5.75 Å². The topological polar surface area (TPSA) is 50.8 Å². The van der Waals surface area contributed by atoms with Crippen LogP contribution in [0.15, 0.2) is 48.5 Å². The minimum atomic E-state index is -0.995. The molecule has 0 radical (unpaired) electrons. The number of nitrogens with one attached hydrogen (secondary N) is 1. The average Bonchev–Trinajstić information content (AvgIpc) is 3.10. The van der Waals surface area contributed by atoms with Crippen molar-refractivity contribution in [2.45, 2.75) is 39.2 Å². The maximum absolute atomic E-state index is 12.1. The van der Waals surface area contributed by atoms with Gasteiger partial charge >= 0.3 is 5.97 Å². The predicted octanol–water partition coefficient (Wildman–Crippen LogP) is 3.60. The number of rotatable bonds is 10. The lowest BCUT2D eigenvalue weighted by Crippen LogP contribution is -2.39. The second-order valence-corrected chi connectivity index (χ2v) is 7.85. The van der Waals surface area contributed by atoms with Crippen LogP contribution in [0.4, 0.5) is 5.69 Å². The Labute approximate surface area is 174 Å². The molecule has 0 fully saturated rings. The maximum Gasteiger partial charge on any atom is 0.349 e. The van der Waals surface area contributed by atoms with Crippen LogP contribution in [0.2, 0.25) is 0 Å². The molecule has 1 heterocycles. The monoisotopic (exact) mass is 396 g/mol. The summed E-state index contributed by atoms with van der Waals surface area (Å²) >= 11 is 0. The molecule has 1 N–H and O–H groups in total. The van der Waals surface area contributed by atoms with E-state index in [1.54, 1.807) is 20.8 Å². The van der Waals surface area contributed by atoms with E-state index in [1.165, 1.54) is 16.8 Å². The van der Waals surface area contributed by atoms with Gasteiger partial charge in [-0.15, -0.1) is 0 Å². The van der Waals surface area contributed by atoms with Gasteiger partial charge in [-0.1, -0.05) is 30.3 Å². The summed E-state index contributed by atoms with van der Waals surface area (Å²) < 4.78 is 11.0. The number of hydrogen-bond acceptors (Lipinski definition) is 5. The Kier molecular flexibility index (Phi) is 7.15. The first kappa shape index (κ1) is 21.2. The van der Waals surface area contributed by atoms with Crippen molar-refractivity contribution in [2.75, 3.05) is 37.7 Å². The quantitative estimate of drug-likeness (QED) is 0.491. The van der Waals surface area contributed by atoms with Gasteiger partial charge in [0, 0.05) is 25.3 Å². The van der Waals surface area contributed by atoms with Crippen molar-refractivity contribution in [3.05, 3.63) is 59.7 Å². The molecular weight excluding hydrogens is 364 g/mol. The highest BCUT2D eigenvalue weighted by atomic mass is 16.6. The Bertz CT molecular complexity index is 805. The van der Waals surface area contributed by atoms with Gasteiger partial charge in [0.15, 0.2) is 5.60 Å². The molecule has 1 aliphatic rings. The highest BCUT2D eigenvalue weighted by Gasteiger charge is 2.32. The number of carbonyl (C=O) groups is 1. The van der Waals surface area contributed by atoms with E-state index in [0.717, 1.165) is 39.0 Å². The fourth-order valence-corrected chi connectivity index (χ4v) is 3.60. The van der Waals surface area contributed by atoms with Gasteiger partial charge in [0.05, 0.1) is 6.61 Å². The maximum atomic E-state index is 12.1. The van der Waals surface area contributed by atoms with Crippen LogP contribution in [0.25, 0.3) is 0 Å². The largest absolute Gasteiger partial charge is 0.476 e. The number of hydrogen-bond donors (Lipinski definition) is 1. The summed E-state index contributed by atoms with van der Waals surface area (Å²) in [6.07, 6.45) is 2.05. The summed E-state index contributed by atoms with van der Waals surface area (Å²) in [6, 6.07) is 16.7. The third-order valence-electron chi connectivity index (χ3n) is 5.17. The molecule has 0 saturated carbocycles. The molecule has 2 aromatic rings. The molecule has 0 amide bonds. The van der Waals surface area contributed by atoms with Crippen molar-refractivity contribution in [1.29, 1.82) is 0 Å². The molecule has 1 aliphatic heterocycles. The predicted molar refractivity (Wildman–Crippen MR) is 117 cm³/mol. The summed E-state index contributed by atoms with van der Waals surface area (Å²) in [5.74, 6) is 0.369. The molecule has 5 heteroatoms. The van der Waals surface area contributed by atoms with Gasteiger partial charge in [0.2, 0.25) is 0 Å². The van der Waals surface area contributed by atoms with E-state index in [4.69, 9.17) is 9.47 Å². The Hall–Kier alpha value is -2.53. The first-order valence-electron chi connectivity index (χ1n) is 10.5. The van der Waals surface area contributed by atoms with Crippen LogP contribution in [0.5, 0.6) is 5.75 Å². The first-order chi connectivity index (χ1) is 14.0. The van der Waals surface area contributed by atoms with E-state index < -0.39 is 5.60 Å². The average molecular weight is 397 g/mol. The zero-order chi connectivity index (χ0) is 20.7. The van der Waals surface area contributed by atoms with E-state index in [-0.39, 0.29) is 5.97 Å². The number of nitrogens with zero attached hydrogens (tertiary/aromatic N) is 1. The number of anilines is 1. The standard InChI is InChI=1S/C24H32N2O3/c1-4-28-23(27)24(2,3)29-21-10-11-22-20(18-21)13-16-26(22)17-15-25-14-12-19-8-6-5-7-9-19/h5-11,18,25H,4,12-17H2,1-3H3.